The Hall–Kier alpha value is -3.67. The van der Waals surface area contributed by atoms with E-state index in [4.69, 9.17) is 4.74 Å². The van der Waals surface area contributed by atoms with Gasteiger partial charge in [-0.15, -0.1) is 0 Å². The smallest absolute Gasteiger partial charge is 0.269 e. The maximum atomic E-state index is 10.6. The molecule has 0 fully saturated rings. The highest BCUT2D eigenvalue weighted by Gasteiger charge is 2.03. The van der Waals surface area contributed by atoms with Crippen LogP contribution in [0, 0.1) is 10.1 Å². The molecular formula is C19H15N3O3. The molecule has 0 saturated carbocycles. The van der Waals surface area contributed by atoms with Crippen molar-refractivity contribution < 1.29 is 9.66 Å². The minimum absolute atomic E-state index is 0.0419. The van der Waals surface area contributed by atoms with Crippen molar-refractivity contribution in [1.29, 1.82) is 0 Å². The van der Waals surface area contributed by atoms with Crippen LogP contribution in [0.25, 0.3) is 0 Å². The molecule has 0 aliphatic heterocycles. The highest BCUT2D eigenvalue weighted by molar-refractivity contribution is 5.80. The summed E-state index contributed by atoms with van der Waals surface area (Å²) in [5, 5.41) is 14.8. The number of nitrogens with one attached hydrogen (secondary N) is 1. The molecule has 3 aromatic rings. The average Bonchev–Trinajstić information content (AvgIpc) is 2.63. The first-order valence-corrected chi connectivity index (χ1v) is 7.57. The Morgan fingerprint density at radius 1 is 0.920 bits per heavy atom. The van der Waals surface area contributed by atoms with Crippen LogP contribution in [0.1, 0.15) is 5.56 Å². The number of ether oxygens (including phenoxy) is 1. The molecule has 0 amide bonds. The van der Waals surface area contributed by atoms with Crippen LogP contribution in [0.5, 0.6) is 11.5 Å². The summed E-state index contributed by atoms with van der Waals surface area (Å²) in [7, 11) is 0. The molecule has 0 aromatic heterocycles. The molecule has 0 radical (unpaired) electrons. The van der Waals surface area contributed by atoms with Gasteiger partial charge in [-0.2, -0.15) is 5.10 Å². The van der Waals surface area contributed by atoms with Crippen molar-refractivity contribution in [2.75, 3.05) is 5.43 Å². The third kappa shape index (κ3) is 4.65. The molecule has 0 saturated heterocycles. The fourth-order valence-electron chi connectivity index (χ4n) is 2.12. The number of nitro groups is 1. The molecule has 0 spiro atoms. The van der Waals surface area contributed by atoms with Crippen molar-refractivity contribution in [2.24, 2.45) is 5.10 Å². The second kappa shape index (κ2) is 7.74. The maximum Gasteiger partial charge on any atom is 0.269 e. The fraction of sp³-hybridized carbons (Fsp3) is 0. The molecule has 0 heterocycles. The van der Waals surface area contributed by atoms with Gasteiger partial charge in [0, 0.05) is 12.1 Å². The first-order valence-electron chi connectivity index (χ1n) is 7.57. The maximum absolute atomic E-state index is 10.6. The van der Waals surface area contributed by atoms with Gasteiger partial charge in [-0.3, -0.25) is 15.5 Å². The number of nitrogens with zero attached hydrogens (tertiary/aromatic N) is 2. The van der Waals surface area contributed by atoms with Crippen molar-refractivity contribution in [3.63, 3.8) is 0 Å². The van der Waals surface area contributed by atoms with Crippen LogP contribution in [0.15, 0.2) is 84.0 Å². The lowest BCUT2D eigenvalue weighted by atomic mass is 10.2. The summed E-state index contributed by atoms with van der Waals surface area (Å²) in [5.74, 6) is 1.48. The lowest BCUT2D eigenvalue weighted by Gasteiger charge is -2.05. The van der Waals surface area contributed by atoms with E-state index in [0.29, 0.717) is 11.4 Å². The highest BCUT2D eigenvalue weighted by atomic mass is 16.6. The Balaban J connectivity index is 1.63. The predicted octanol–water partition coefficient (Wildman–Crippen LogP) is 4.83. The first-order chi connectivity index (χ1) is 12.2. The minimum Gasteiger partial charge on any atom is -0.457 e. The van der Waals surface area contributed by atoms with E-state index in [0.717, 1.165) is 11.3 Å². The van der Waals surface area contributed by atoms with Gasteiger partial charge >= 0.3 is 0 Å². The van der Waals surface area contributed by atoms with Crippen molar-refractivity contribution in [2.45, 2.75) is 0 Å². The van der Waals surface area contributed by atoms with Crippen molar-refractivity contribution in [3.8, 4) is 11.5 Å². The fourth-order valence-corrected chi connectivity index (χ4v) is 2.12. The molecule has 3 aromatic carbocycles. The zero-order valence-electron chi connectivity index (χ0n) is 13.2. The molecule has 0 bridgehead atoms. The Morgan fingerprint density at radius 3 is 2.36 bits per heavy atom. The van der Waals surface area contributed by atoms with E-state index in [1.165, 1.54) is 12.1 Å². The summed E-state index contributed by atoms with van der Waals surface area (Å²) in [6.45, 7) is 0. The van der Waals surface area contributed by atoms with E-state index >= 15 is 0 Å². The van der Waals surface area contributed by atoms with Gasteiger partial charge in [-0.05, 0) is 42.0 Å². The van der Waals surface area contributed by atoms with Gasteiger partial charge in [0.15, 0.2) is 0 Å². The summed E-state index contributed by atoms with van der Waals surface area (Å²) in [4.78, 5) is 10.2. The summed E-state index contributed by atoms with van der Waals surface area (Å²) in [6.07, 6.45) is 1.65. The summed E-state index contributed by atoms with van der Waals surface area (Å²) >= 11 is 0. The largest absolute Gasteiger partial charge is 0.457 e. The number of benzene rings is 3. The number of nitro benzene ring substituents is 1. The monoisotopic (exact) mass is 333 g/mol. The average molecular weight is 333 g/mol. The van der Waals surface area contributed by atoms with Gasteiger partial charge in [-0.25, -0.2) is 0 Å². The van der Waals surface area contributed by atoms with Gasteiger partial charge in [0.25, 0.3) is 5.69 Å². The molecule has 0 aliphatic rings. The Labute approximate surface area is 144 Å². The van der Waals surface area contributed by atoms with E-state index in [1.807, 2.05) is 54.6 Å². The lowest BCUT2D eigenvalue weighted by molar-refractivity contribution is -0.384. The third-order valence-electron chi connectivity index (χ3n) is 3.32. The Kier molecular flexibility index (Phi) is 5.01. The first kappa shape index (κ1) is 16.2. The van der Waals surface area contributed by atoms with Crippen LogP contribution < -0.4 is 10.2 Å². The quantitative estimate of drug-likeness (QED) is 0.398. The van der Waals surface area contributed by atoms with Crippen LogP contribution in [-0.2, 0) is 0 Å². The molecule has 0 aliphatic carbocycles. The summed E-state index contributed by atoms with van der Waals surface area (Å²) in [6, 6.07) is 23.1. The van der Waals surface area contributed by atoms with Crippen molar-refractivity contribution >= 4 is 17.6 Å². The zero-order valence-corrected chi connectivity index (χ0v) is 13.2. The van der Waals surface area contributed by atoms with Crippen LogP contribution in [0.4, 0.5) is 11.4 Å². The number of hydrogen-bond acceptors (Lipinski definition) is 5. The molecule has 124 valence electrons. The molecule has 1 N–H and O–H groups in total. The van der Waals surface area contributed by atoms with E-state index < -0.39 is 4.92 Å². The van der Waals surface area contributed by atoms with E-state index in [1.54, 1.807) is 18.3 Å². The predicted molar refractivity (Wildman–Crippen MR) is 97.3 cm³/mol. The number of anilines is 1. The van der Waals surface area contributed by atoms with E-state index in [-0.39, 0.29) is 5.69 Å². The number of hydrazone groups is 1. The van der Waals surface area contributed by atoms with Crippen molar-refractivity contribution in [3.05, 3.63) is 94.5 Å². The second-order valence-corrected chi connectivity index (χ2v) is 5.16. The van der Waals surface area contributed by atoms with E-state index in [2.05, 4.69) is 10.5 Å². The van der Waals surface area contributed by atoms with Crippen LogP contribution in [-0.4, -0.2) is 11.1 Å². The Morgan fingerprint density at radius 2 is 1.64 bits per heavy atom. The second-order valence-electron chi connectivity index (χ2n) is 5.16. The molecular weight excluding hydrogens is 318 g/mol. The standard InChI is InChI=1S/C19H15N3O3/c23-22(24)17-11-9-16(10-12-17)21-20-14-15-5-4-8-19(13-15)25-18-6-2-1-3-7-18/h1-14,21H/b20-14-. The van der Waals surface area contributed by atoms with Crippen LogP contribution in [0.2, 0.25) is 0 Å². The van der Waals surface area contributed by atoms with E-state index in [9.17, 15) is 10.1 Å². The van der Waals surface area contributed by atoms with Gasteiger partial charge < -0.3 is 4.74 Å². The number of hydrogen-bond donors (Lipinski definition) is 1. The molecule has 25 heavy (non-hydrogen) atoms. The number of non-ortho nitro benzene ring substituents is 1. The zero-order chi connectivity index (χ0) is 17.5. The van der Waals surface area contributed by atoms with Gasteiger partial charge in [0.2, 0.25) is 0 Å². The Bertz CT molecular complexity index is 878. The molecule has 6 heteroatoms. The molecule has 3 rings (SSSR count). The minimum atomic E-state index is -0.439. The van der Waals surface area contributed by atoms with Crippen molar-refractivity contribution in [1.82, 2.24) is 0 Å². The lowest BCUT2D eigenvalue weighted by Crippen LogP contribution is -1.92. The normalized spacial score (nSPS) is 10.6. The number of para-hydroxylation sites is 1. The molecule has 0 atom stereocenters. The topological polar surface area (TPSA) is 76.8 Å². The molecule has 6 nitrogen and oxygen atoms in total. The third-order valence-corrected chi connectivity index (χ3v) is 3.32. The van der Waals surface area contributed by atoms with Gasteiger partial charge in [0.1, 0.15) is 11.5 Å². The SMILES string of the molecule is O=[N+]([O-])c1ccc(N/N=C\c2cccc(Oc3ccccc3)c2)cc1. The number of rotatable bonds is 6. The molecule has 0 unspecified atom stereocenters. The highest BCUT2D eigenvalue weighted by Crippen LogP contribution is 2.21. The van der Waals surface area contributed by atoms with Gasteiger partial charge in [-0.1, -0.05) is 30.3 Å². The van der Waals surface area contributed by atoms with Crippen LogP contribution in [0.3, 0.4) is 0 Å². The summed E-state index contributed by atoms with van der Waals surface area (Å²) in [5.41, 5.74) is 4.41. The summed E-state index contributed by atoms with van der Waals surface area (Å²) < 4.78 is 5.77. The van der Waals surface area contributed by atoms with Gasteiger partial charge in [0.05, 0.1) is 16.8 Å². The van der Waals surface area contributed by atoms with Crippen LogP contribution >= 0.6 is 0 Å².